The third-order valence-corrected chi connectivity index (χ3v) is 7.84. The first-order chi connectivity index (χ1) is 16.0. The Bertz CT molecular complexity index is 1240. The molecule has 2 aromatic heterocycles. The van der Waals surface area contributed by atoms with E-state index in [0.717, 1.165) is 4.88 Å². The molecule has 1 aromatic carbocycles. The van der Waals surface area contributed by atoms with Crippen LogP contribution in [-0.4, -0.2) is 56.9 Å². The van der Waals surface area contributed by atoms with Crippen molar-refractivity contribution in [3.63, 3.8) is 0 Å². The summed E-state index contributed by atoms with van der Waals surface area (Å²) in [4.78, 5) is 22.2. The van der Waals surface area contributed by atoms with Crippen LogP contribution in [-0.2, 0) is 16.4 Å². The van der Waals surface area contributed by atoms with Gasteiger partial charge < -0.3 is 9.80 Å². The van der Waals surface area contributed by atoms with E-state index in [1.165, 1.54) is 12.1 Å². The number of anilines is 1. The maximum absolute atomic E-state index is 12.9. The van der Waals surface area contributed by atoms with E-state index < -0.39 is 10.0 Å². The van der Waals surface area contributed by atoms with Crippen molar-refractivity contribution >= 4 is 33.1 Å². The van der Waals surface area contributed by atoms with Gasteiger partial charge in [-0.25, -0.2) is 18.1 Å². The third kappa shape index (κ3) is 5.39. The molecule has 0 atom stereocenters. The summed E-state index contributed by atoms with van der Waals surface area (Å²) >= 11 is 1.59. The van der Waals surface area contributed by atoms with E-state index >= 15 is 0 Å². The molecular formula is C23H23N5O3S2. The van der Waals surface area contributed by atoms with Crippen LogP contribution in [0.15, 0.2) is 65.0 Å². The Morgan fingerprint density at radius 2 is 1.85 bits per heavy atom. The van der Waals surface area contributed by atoms with E-state index in [-0.39, 0.29) is 10.8 Å². The lowest BCUT2D eigenvalue weighted by molar-refractivity contribution is 0.0746. The van der Waals surface area contributed by atoms with Crippen LogP contribution in [0.3, 0.4) is 0 Å². The summed E-state index contributed by atoms with van der Waals surface area (Å²) in [6.07, 6.45) is 2.29. The van der Waals surface area contributed by atoms with Gasteiger partial charge in [-0.15, -0.1) is 11.3 Å². The predicted octanol–water partition coefficient (Wildman–Crippen LogP) is 2.50. The summed E-state index contributed by atoms with van der Waals surface area (Å²) in [6, 6.07) is 15.5. The number of amides is 1. The minimum atomic E-state index is -3.64. The topological polar surface area (TPSA) is 106 Å². The highest BCUT2D eigenvalue weighted by Gasteiger charge is 2.24. The highest BCUT2D eigenvalue weighted by Crippen LogP contribution is 2.19. The second-order valence-electron chi connectivity index (χ2n) is 7.52. The molecule has 170 valence electrons. The summed E-state index contributed by atoms with van der Waals surface area (Å²) in [5.74, 6) is 0.485. The zero-order valence-corrected chi connectivity index (χ0v) is 19.5. The summed E-state index contributed by atoms with van der Waals surface area (Å²) in [5, 5.41) is 11.2. The molecule has 1 fully saturated rings. The lowest BCUT2D eigenvalue weighted by Gasteiger charge is -2.35. The number of nitriles is 1. The molecule has 1 aliphatic rings. The van der Waals surface area contributed by atoms with Crippen molar-refractivity contribution in [2.45, 2.75) is 11.3 Å². The van der Waals surface area contributed by atoms with Gasteiger partial charge in [-0.05, 0) is 54.3 Å². The molecule has 0 radical (unpaired) electrons. The molecule has 0 bridgehead atoms. The number of rotatable bonds is 7. The summed E-state index contributed by atoms with van der Waals surface area (Å²) in [6.45, 7) is 2.43. The number of hydrogen-bond donors (Lipinski definition) is 1. The van der Waals surface area contributed by atoms with Crippen LogP contribution in [0.1, 0.15) is 20.8 Å². The third-order valence-electron chi connectivity index (χ3n) is 5.43. The monoisotopic (exact) mass is 481 g/mol. The van der Waals surface area contributed by atoms with Gasteiger partial charge in [0.2, 0.25) is 10.0 Å². The average molecular weight is 482 g/mol. The number of nitrogens with one attached hydrogen (secondary N) is 1. The molecule has 0 saturated carbocycles. The predicted molar refractivity (Wildman–Crippen MR) is 127 cm³/mol. The van der Waals surface area contributed by atoms with Gasteiger partial charge in [0, 0.05) is 49.4 Å². The van der Waals surface area contributed by atoms with E-state index in [0.29, 0.717) is 56.1 Å². The zero-order chi connectivity index (χ0) is 23.3. The van der Waals surface area contributed by atoms with Crippen LogP contribution in [0.2, 0.25) is 0 Å². The van der Waals surface area contributed by atoms with Crippen molar-refractivity contribution in [3.05, 3.63) is 76.1 Å². The number of pyridine rings is 1. The maximum atomic E-state index is 12.9. The second kappa shape index (κ2) is 10.1. The van der Waals surface area contributed by atoms with Gasteiger partial charge in [0.15, 0.2) is 0 Å². The normalized spacial score (nSPS) is 14.2. The molecule has 33 heavy (non-hydrogen) atoms. The first-order valence-electron chi connectivity index (χ1n) is 10.5. The molecule has 3 heterocycles. The minimum Gasteiger partial charge on any atom is -0.352 e. The number of aromatic nitrogens is 1. The molecule has 8 nitrogen and oxygen atoms in total. The molecule has 3 aromatic rings. The Morgan fingerprint density at radius 1 is 1.09 bits per heavy atom. The Hall–Kier alpha value is -3.26. The molecule has 0 unspecified atom stereocenters. The van der Waals surface area contributed by atoms with Crippen molar-refractivity contribution in [1.29, 1.82) is 5.26 Å². The maximum Gasteiger partial charge on any atom is 0.253 e. The van der Waals surface area contributed by atoms with Gasteiger partial charge in [-0.3, -0.25) is 4.79 Å². The first-order valence-corrected chi connectivity index (χ1v) is 12.9. The van der Waals surface area contributed by atoms with Crippen molar-refractivity contribution in [2.75, 3.05) is 37.6 Å². The SMILES string of the molecule is N#Cc1cccnc1N1CCN(C(=O)c2ccc(S(=O)(=O)NCCc3cccs3)cc2)CC1. The Morgan fingerprint density at radius 3 is 2.52 bits per heavy atom. The molecule has 10 heteroatoms. The number of carbonyl (C=O) groups excluding carboxylic acids is 1. The van der Waals surface area contributed by atoms with Crippen LogP contribution in [0.5, 0.6) is 0 Å². The largest absolute Gasteiger partial charge is 0.352 e. The molecular weight excluding hydrogens is 458 g/mol. The van der Waals surface area contributed by atoms with Crippen LogP contribution in [0.25, 0.3) is 0 Å². The number of nitrogens with zero attached hydrogens (tertiary/aromatic N) is 4. The lowest BCUT2D eigenvalue weighted by atomic mass is 10.1. The van der Waals surface area contributed by atoms with Gasteiger partial charge in [0.25, 0.3) is 5.91 Å². The molecule has 1 saturated heterocycles. The lowest BCUT2D eigenvalue weighted by Crippen LogP contribution is -2.49. The molecule has 0 aliphatic carbocycles. The molecule has 0 spiro atoms. The van der Waals surface area contributed by atoms with Crippen molar-refractivity contribution in [1.82, 2.24) is 14.6 Å². The van der Waals surface area contributed by atoms with E-state index in [1.807, 2.05) is 22.4 Å². The summed E-state index contributed by atoms with van der Waals surface area (Å²) in [7, 11) is -3.64. The highest BCUT2D eigenvalue weighted by atomic mass is 32.2. The van der Waals surface area contributed by atoms with Gasteiger partial charge in [-0.2, -0.15) is 5.26 Å². The van der Waals surface area contributed by atoms with Crippen LogP contribution < -0.4 is 9.62 Å². The van der Waals surface area contributed by atoms with E-state index in [2.05, 4.69) is 15.8 Å². The van der Waals surface area contributed by atoms with Gasteiger partial charge in [0.1, 0.15) is 11.9 Å². The Kier molecular flexibility index (Phi) is 7.03. The van der Waals surface area contributed by atoms with Gasteiger partial charge in [-0.1, -0.05) is 6.07 Å². The van der Waals surface area contributed by atoms with E-state index in [9.17, 15) is 18.5 Å². The van der Waals surface area contributed by atoms with E-state index in [1.54, 1.807) is 46.7 Å². The fraction of sp³-hybridized carbons (Fsp3) is 0.261. The van der Waals surface area contributed by atoms with Crippen molar-refractivity contribution in [3.8, 4) is 6.07 Å². The Balaban J connectivity index is 1.34. The quantitative estimate of drug-likeness (QED) is 0.556. The van der Waals surface area contributed by atoms with E-state index in [4.69, 9.17) is 0 Å². The van der Waals surface area contributed by atoms with Gasteiger partial charge in [0.05, 0.1) is 10.5 Å². The van der Waals surface area contributed by atoms with Crippen LogP contribution in [0, 0.1) is 11.3 Å². The second-order valence-corrected chi connectivity index (χ2v) is 10.3. The smallest absolute Gasteiger partial charge is 0.253 e. The number of sulfonamides is 1. The molecule has 1 aliphatic heterocycles. The van der Waals surface area contributed by atoms with Crippen LogP contribution in [0.4, 0.5) is 5.82 Å². The minimum absolute atomic E-state index is 0.134. The highest BCUT2D eigenvalue weighted by molar-refractivity contribution is 7.89. The summed E-state index contributed by atoms with van der Waals surface area (Å²) < 4.78 is 27.7. The summed E-state index contributed by atoms with van der Waals surface area (Å²) in [5.41, 5.74) is 0.953. The number of hydrogen-bond acceptors (Lipinski definition) is 7. The fourth-order valence-electron chi connectivity index (χ4n) is 3.66. The van der Waals surface area contributed by atoms with Gasteiger partial charge >= 0.3 is 0 Å². The molecule has 1 amide bonds. The Labute approximate surface area is 197 Å². The van der Waals surface area contributed by atoms with Crippen molar-refractivity contribution in [2.24, 2.45) is 0 Å². The first kappa shape index (κ1) is 22.9. The molecule has 1 N–H and O–H groups in total. The van der Waals surface area contributed by atoms with Crippen molar-refractivity contribution < 1.29 is 13.2 Å². The zero-order valence-electron chi connectivity index (χ0n) is 17.8. The number of thiophene rings is 1. The fourth-order valence-corrected chi connectivity index (χ4v) is 5.40. The number of piperazine rings is 1. The standard InChI is InChI=1S/C23H23N5O3S2/c24-17-19-3-1-10-25-22(19)27-12-14-28(15-13-27)23(29)18-5-7-21(8-6-18)33(30,31)26-11-9-20-4-2-16-32-20/h1-8,10,16,26H,9,11-15H2. The number of benzene rings is 1. The number of carbonyl (C=O) groups is 1. The molecule has 4 rings (SSSR count). The average Bonchev–Trinajstić information content (AvgIpc) is 3.37. The van der Waals surface area contributed by atoms with Crippen LogP contribution >= 0.6 is 11.3 Å².